The molecule has 0 aromatic rings. The summed E-state index contributed by atoms with van der Waals surface area (Å²) in [6.45, 7) is 16.9. The maximum atomic E-state index is 14.6. The second kappa shape index (κ2) is 22.3. The van der Waals surface area contributed by atoms with E-state index >= 15 is 0 Å². The van der Waals surface area contributed by atoms with Crippen LogP contribution in [0.3, 0.4) is 0 Å². The first-order valence-corrected chi connectivity index (χ1v) is 28.0. The van der Waals surface area contributed by atoms with Gasteiger partial charge in [-0.3, -0.25) is 9.59 Å². The average molecular weight is 1100 g/mol. The maximum absolute atomic E-state index is 14.6. The van der Waals surface area contributed by atoms with Crippen LogP contribution in [0.15, 0.2) is 11.6 Å². The third-order valence-corrected chi connectivity index (χ3v) is 20.2. The third-order valence-electron chi connectivity index (χ3n) is 20.2. The minimum absolute atomic E-state index is 0.0208. The zero-order valence-electron chi connectivity index (χ0n) is 46.3. The highest BCUT2D eigenvalue weighted by Gasteiger charge is 2.76. The van der Waals surface area contributed by atoms with Gasteiger partial charge in [-0.1, -0.05) is 53.2 Å². The molecule has 4 aliphatic carbocycles. The van der Waals surface area contributed by atoms with Crippen molar-refractivity contribution in [3.05, 3.63) is 11.6 Å². The Kier molecular flexibility index (Phi) is 17.2. The fraction of sp³-hybridized carbons (Fsp3) is 0.927. The summed E-state index contributed by atoms with van der Waals surface area (Å²) in [4.78, 5) is 26.8. The number of fused-ring (bicyclic) bond motifs is 4. The van der Waals surface area contributed by atoms with Gasteiger partial charge in [-0.25, -0.2) is 0 Å². The number of aliphatic hydroxyl groups is 9. The largest absolute Gasteiger partial charge is 0.462 e. The molecule has 9 aliphatic rings. The van der Waals surface area contributed by atoms with Gasteiger partial charge in [0.15, 0.2) is 25.2 Å². The van der Waals surface area contributed by atoms with Gasteiger partial charge < -0.3 is 98.1 Å². The highest BCUT2D eigenvalue weighted by molar-refractivity contribution is 5.83. The summed E-state index contributed by atoms with van der Waals surface area (Å²) in [7, 11) is 1.23. The average Bonchev–Trinajstić information content (AvgIpc) is 4.08. The number of hydrogen-bond donors (Lipinski definition) is 9. The molecule has 5 saturated heterocycles. The van der Waals surface area contributed by atoms with Crippen LogP contribution >= 0.6 is 0 Å². The fourth-order valence-corrected chi connectivity index (χ4v) is 16.3. The second-order valence-electron chi connectivity index (χ2n) is 25.6. The van der Waals surface area contributed by atoms with Crippen molar-refractivity contribution in [2.45, 2.75) is 249 Å². The number of carbonyl (C=O) groups is 2. The first kappa shape index (κ1) is 59.6. The highest BCUT2D eigenvalue weighted by Crippen LogP contribution is 2.76. The monoisotopic (exact) mass is 1100 g/mol. The van der Waals surface area contributed by atoms with Crippen molar-refractivity contribution in [3.63, 3.8) is 0 Å². The SMILES string of the molecule is CO[C@@H]1[C@@H](O)[C@H](O[C@@H]2[C@H](O)[C@H](O[C@H]3[C@H](O)[C@@H](O)[C@H](O[C@H]4[C@@H](O[C@H]5CC[C@@]6(C)[C@H](CC=C7[C@@H]6CC[C@@]68C(=O)O[C@](C)(C[C@H](CC(C)C)OC(C)=O)[C@H]6CC[C@@]78C)C5(C)C)OC[C@H](O)[C@H]4O)O[C@H]3C)OC[C@@H]2O)O[C@H](CO)[C@H]1O. The Labute approximate surface area is 450 Å². The van der Waals surface area contributed by atoms with Gasteiger partial charge in [0.25, 0.3) is 0 Å². The Hall–Kier alpha value is -2.04. The van der Waals surface area contributed by atoms with Crippen LogP contribution in [-0.2, 0) is 61.7 Å². The molecule has 3 saturated carbocycles. The van der Waals surface area contributed by atoms with E-state index in [1.165, 1.54) is 26.5 Å². The molecule has 0 amide bonds. The summed E-state index contributed by atoms with van der Waals surface area (Å²) in [6, 6.07) is 0. The van der Waals surface area contributed by atoms with Crippen molar-refractivity contribution in [2.24, 2.45) is 45.3 Å². The Morgan fingerprint density at radius 2 is 1.36 bits per heavy atom. The Morgan fingerprint density at radius 1 is 0.714 bits per heavy atom. The van der Waals surface area contributed by atoms with Crippen LogP contribution in [0.25, 0.3) is 0 Å². The minimum Gasteiger partial charge on any atom is -0.462 e. The van der Waals surface area contributed by atoms with Crippen molar-refractivity contribution in [2.75, 3.05) is 26.9 Å². The third kappa shape index (κ3) is 10.2. The Bertz CT molecular complexity index is 2130. The number of carbonyl (C=O) groups excluding carboxylic acids is 2. The number of aliphatic hydroxyl groups excluding tert-OH is 9. The lowest BCUT2D eigenvalue weighted by atomic mass is 9.41. The molecule has 77 heavy (non-hydrogen) atoms. The molecule has 5 aliphatic heterocycles. The number of allylic oxidation sites excluding steroid dienone is 2. The zero-order valence-corrected chi connectivity index (χ0v) is 46.3. The van der Waals surface area contributed by atoms with Crippen LogP contribution in [0.2, 0.25) is 0 Å². The summed E-state index contributed by atoms with van der Waals surface area (Å²) >= 11 is 0. The van der Waals surface area contributed by atoms with Crippen LogP contribution in [0, 0.1) is 45.3 Å². The molecule has 9 N–H and O–H groups in total. The molecule has 8 fully saturated rings. The van der Waals surface area contributed by atoms with Gasteiger partial charge in [0.1, 0.15) is 91.1 Å². The van der Waals surface area contributed by atoms with Gasteiger partial charge in [0, 0.05) is 31.8 Å². The van der Waals surface area contributed by atoms with Gasteiger partial charge in [-0.15, -0.1) is 0 Å². The first-order chi connectivity index (χ1) is 36.2. The highest BCUT2D eigenvalue weighted by atomic mass is 16.8. The first-order valence-electron chi connectivity index (χ1n) is 28.0. The van der Waals surface area contributed by atoms with E-state index in [1.807, 2.05) is 6.92 Å². The van der Waals surface area contributed by atoms with Gasteiger partial charge in [0.05, 0.1) is 37.4 Å². The quantitative estimate of drug-likeness (QED) is 0.0812. The van der Waals surface area contributed by atoms with E-state index in [4.69, 9.17) is 52.1 Å². The molecule has 27 atom stereocenters. The molecule has 0 radical (unpaired) electrons. The van der Waals surface area contributed by atoms with E-state index in [9.17, 15) is 55.5 Å². The van der Waals surface area contributed by atoms with E-state index in [1.54, 1.807) is 0 Å². The molecule has 0 aromatic carbocycles. The van der Waals surface area contributed by atoms with Crippen molar-refractivity contribution in [1.82, 2.24) is 0 Å². The minimum atomic E-state index is -1.83. The number of ether oxygens (including phenoxy) is 11. The zero-order chi connectivity index (χ0) is 56.1. The van der Waals surface area contributed by atoms with E-state index in [0.717, 1.165) is 32.1 Å². The van der Waals surface area contributed by atoms with Crippen molar-refractivity contribution in [1.29, 1.82) is 0 Å². The number of cyclic esters (lactones) is 1. The summed E-state index contributed by atoms with van der Waals surface area (Å²) in [5.74, 6) is 0.140. The molecule has 0 unspecified atom stereocenters. The standard InChI is InChI=1S/C55H88O22/c1-24(2)19-27(71-26(4)57)20-54(9)34-14-17-53(8)29-11-12-33-51(5,6)35(15-16-52(33,7)28(29)13-18-55(34,53)50(66)77-54)73-49-45(36(60)30(58)22-69-49)76-47-39(63)38(62)42(25(3)70-47)74-46-40(64)43(31(59)23-68-46)75-48-41(65)44(67-10)37(61)32(21-56)72-48/h11,24-25,27-28,30-49,56,58-65H,12-23H2,1-10H3/t25-,27-,28-,30-,31-,32+,33+,34+,35-,36+,37+,38+,39+,40-,41+,42+,43-,44-,45+,46-,47-,48-,49+,52+,53-,54+,55-/m0/s1. The van der Waals surface area contributed by atoms with Gasteiger partial charge in [-0.05, 0) is 93.8 Å². The van der Waals surface area contributed by atoms with Crippen LogP contribution < -0.4 is 0 Å². The molecule has 9 rings (SSSR count). The predicted octanol–water partition coefficient (Wildman–Crippen LogP) is 0.873. The fourth-order valence-electron chi connectivity index (χ4n) is 16.3. The summed E-state index contributed by atoms with van der Waals surface area (Å²) in [5, 5.41) is 98.7. The molecular formula is C55H88O22. The lowest BCUT2D eigenvalue weighted by Gasteiger charge is -2.64. The maximum Gasteiger partial charge on any atom is 0.313 e. The van der Waals surface area contributed by atoms with Crippen molar-refractivity contribution in [3.8, 4) is 0 Å². The topological polar surface area (TPSA) is 318 Å². The molecule has 440 valence electrons. The number of rotatable bonds is 15. The van der Waals surface area contributed by atoms with Gasteiger partial charge >= 0.3 is 11.9 Å². The smallest absolute Gasteiger partial charge is 0.313 e. The summed E-state index contributed by atoms with van der Waals surface area (Å²) in [6.07, 6.45) is -18.5. The summed E-state index contributed by atoms with van der Waals surface area (Å²) < 4.78 is 65.7. The lowest BCUT2D eigenvalue weighted by Crippen LogP contribution is -2.65. The Balaban J connectivity index is 0.858. The van der Waals surface area contributed by atoms with E-state index < -0.39 is 152 Å². The normalized spacial score (nSPS) is 50.9. The van der Waals surface area contributed by atoms with Crippen molar-refractivity contribution >= 4 is 11.9 Å². The summed E-state index contributed by atoms with van der Waals surface area (Å²) in [5.41, 5.74) is -1.14. The molecule has 22 heteroatoms. The molecule has 0 aromatic heterocycles. The molecule has 22 nitrogen and oxygen atoms in total. The lowest BCUT2D eigenvalue weighted by molar-refractivity contribution is -0.382. The van der Waals surface area contributed by atoms with Crippen LogP contribution in [-0.4, -0.2) is 213 Å². The van der Waals surface area contributed by atoms with Crippen LogP contribution in [0.1, 0.15) is 120 Å². The van der Waals surface area contributed by atoms with Gasteiger partial charge in [-0.2, -0.15) is 0 Å². The van der Waals surface area contributed by atoms with E-state index in [2.05, 4.69) is 47.6 Å². The number of methoxy groups -OCH3 is 1. The van der Waals surface area contributed by atoms with Crippen LogP contribution in [0.4, 0.5) is 0 Å². The molecular weight excluding hydrogens is 1010 g/mol. The molecule has 0 bridgehead atoms. The second-order valence-corrected chi connectivity index (χ2v) is 25.6. The van der Waals surface area contributed by atoms with E-state index in [-0.39, 0.29) is 47.8 Å². The van der Waals surface area contributed by atoms with Gasteiger partial charge in [0.2, 0.25) is 0 Å². The number of hydrogen-bond acceptors (Lipinski definition) is 22. The van der Waals surface area contributed by atoms with Crippen LogP contribution in [0.5, 0.6) is 0 Å². The number of esters is 2. The molecule has 5 heterocycles. The molecule has 1 spiro atoms. The predicted molar refractivity (Wildman–Crippen MR) is 265 cm³/mol. The van der Waals surface area contributed by atoms with Crippen molar-refractivity contribution < 1.29 is 108 Å². The Morgan fingerprint density at radius 3 is 2.04 bits per heavy atom. The van der Waals surface area contributed by atoms with E-state index in [0.29, 0.717) is 31.6 Å².